The van der Waals surface area contributed by atoms with Crippen LogP contribution in [0, 0.1) is 5.82 Å². The van der Waals surface area contributed by atoms with Crippen LogP contribution in [-0.2, 0) is 16.1 Å². The molecule has 0 spiro atoms. The fraction of sp³-hybridized carbons (Fsp3) is 0.368. The topological polar surface area (TPSA) is 54.3 Å². The van der Waals surface area contributed by atoms with Crippen LogP contribution in [0.15, 0.2) is 42.6 Å². The SMILES string of the molecule is O=C(CC(=O)N1CCn2cccc2[C@H]1c1cccc(F)c1)NC1CC1. The first kappa shape index (κ1) is 15.9. The molecule has 1 N–H and O–H groups in total. The molecule has 1 atom stereocenters. The summed E-state index contributed by atoms with van der Waals surface area (Å²) in [5.74, 6) is -0.786. The summed E-state index contributed by atoms with van der Waals surface area (Å²) >= 11 is 0. The fourth-order valence-corrected chi connectivity index (χ4v) is 3.42. The molecule has 0 radical (unpaired) electrons. The van der Waals surface area contributed by atoms with Crippen molar-refractivity contribution >= 4 is 11.8 Å². The van der Waals surface area contributed by atoms with Crippen LogP contribution < -0.4 is 5.32 Å². The van der Waals surface area contributed by atoms with E-state index in [-0.39, 0.29) is 36.1 Å². The van der Waals surface area contributed by atoms with Crippen molar-refractivity contribution < 1.29 is 14.0 Å². The number of aromatic nitrogens is 1. The second-order valence-corrected chi connectivity index (χ2v) is 6.69. The Morgan fingerprint density at radius 1 is 1.16 bits per heavy atom. The van der Waals surface area contributed by atoms with E-state index in [0.29, 0.717) is 13.1 Å². The van der Waals surface area contributed by atoms with Crippen molar-refractivity contribution in [3.05, 3.63) is 59.7 Å². The minimum atomic E-state index is -0.374. The van der Waals surface area contributed by atoms with Gasteiger partial charge in [0.05, 0.1) is 6.04 Å². The van der Waals surface area contributed by atoms with E-state index in [2.05, 4.69) is 9.88 Å². The number of rotatable bonds is 4. The van der Waals surface area contributed by atoms with Gasteiger partial charge in [0, 0.05) is 31.0 Å². The van der Waals surface area contributed by atoms with Gasteiger partial charge in [0.2, 0.25) is 11.8 Å². The van der Waals surface area contributed by atoms with Gasteiger partial charge < -0.3 is 14.8 Å². The second kappa shape index (κ2) is 6.35. The highest BCUT2D eigenvalue weighted by atomic mass is 19.1. The molecule has 2 amide bonds. The van der Waals surface area contributed by atoms with Crippen molar-refractivity contribution in [3.8, 4) is 0 Å². The van der Waals surface area contributed by atoms with Crippen LogP contribution in [0.3, 0.4) is 0 Å². The van der Waals surface area contributed by atoms with E-state index < -0.39 is 0 Å². The molecule has 1 aromatic heterocycles. The van der Waals surface area contributed by atoms with Gasteiger partial charge in [-0.15, -0.1) is 0 Å². The number of hydrogen-bond donors (Lipinski definition) is 1. The van der Waals surface area contributed by atoms with Gasteiger partial charge in [-0.05, 0) is 42.7 Å². The van der Waals surface area contributed by atoms with Gasteiger partial charge in [-0.1, -0.05) is 12.1 Å². The summed E-state index contributed by atoms with van der Waals surface area (Å²) in [7, 11) is 0. The van der Waals surface area contributed by atoms with Crippen molar-refractivity contribution in [3.63, 3.8) is 0 Å². The second-order valence-electron chi connectivity index (χ2n) is 6.69. The van der Waals surface area contributed by atoms with Crippen molar-refractivity contribution in [1.29, 1.82) is 0 Å². The number of benzene rings is 1. The summed E-state index contributed by atoms with van der Waals surface area (Å²) < 4.78 is 15.8. The Labute approximate surface area is 145 Å². The molecule has 4 rings (SSSR count). The van der Waals surface area contributed by atoms with Crippen molar-refractivity contribution in [1.82, 2.24) is 14.8 Å². The van der Waals surface area contributed by atoms with Crippen LogP contribution in [0.2, 0.25) is 0 Å². The number of nitrogens with one attached hydrogen (secondary N) is 1. The molecule has 1 saturated carbocycles. The zero-order chi connectivity index (χ0) is 17.4. The Hall–Kier alpha value is -2.63. The minimum absolute atomic E-state index is 0.164. The average Bonchev–Trinajstić information content (AvgIpc) is 3.26. The number of halogens is 1. The number of nitrogens with zero attached hydrogens (tertiary/aromatic N) is 2. The highest BCUT2D eigenvalue weighted by Gasteiger charge is 2.33. The Balaban J connectivity index is 1.61. The minimum Gasteiger partial charge on any atom is -0.353 e. The van der Waals surface area contributed by atoms with Gasteiger partial charge in [0.25, 0.3) is 0 Å². The van der Waals surface area contributed by atoms with E-state index >= 15 is 0 Å². The quantitative estimate of drug-likeness (QED) is 0.867. The van der Waals surface area contributed by atoms with Gasteiger partial charge >= 0.3 is 0 Å². The molecule has 6 heteroatoms. The maximum atomic E-state index is 13.7. The summed E-state index contributed by atoms with van der Waals surface area (Å²) in [6, 6.07) is 10.0. The van der Waals surface area contributed by atoms with E-state index in [4.69, 9.17) is 0 Å². The third-order valence-electron chi connectivity index (χ3n) is 4.78. The maximum absolute atomic E-state index is 13.7. The molecule has 2 aromatic rings. The third kappa shape index (κ3) is 3.29. The highest BCUT2D eigenvalue weighted by Crippen LogP contribution is 2.33. The summed E-state index contributed by atoms with van der Waals surface area (Å²) in [6.45, 7) is 1.17. The van der Waals surface area contributed by atoms with Gasteiger partial charge in [0.1, 0.15) is 12.2 Å². The molecule has 5 nitrogen and oxygen atoms in total. The molecule has 2 heterocycles. The lowest BCUT2D eigenvalue weighted by molar-refractivity contribution is -0.138. The molecule has 0 saturated heterocycles. The summed E-state index contributed by atoms with van der Waals surface area (Å²) in [5, 5.41) is 2.85. The summed E-state index contributed by atoms with van der Waals surface area (Å²) in [6.07, 6.45) is 3.78. The molecule has 1 aliphatic heterocycles. The normalized spacial score (nSPS) is 19.4. The molecule has 1 aliphatic carbocycles. The lowest BCUT2D eigenvalue weighted by atomic mass is 9.99. The Kier molecular flexibility index (Phi) is 4.03. The van der Waals surface area contributed by atoms with Gasteiger partial charge in [-0.25, -0.2) is 4.39 Å². The van der Waals surface area contributed by atoms with E-state index in [1.165, 1.54) is 12.1 Å². The van der Waals surface area contributed by atoms with E-state index in [0.717, 1.165) is 24.1 Å². The molecule has 0 bridgehead atoms. The van der Waals surface area contributed by atoms with Gasteiger partial charge in [0.15, 0.2) is 0 Å². The van der Waals surface area contributed by atoms with E-state index in [1.54, 1.807) is 11.0 Å². The molecular formula is C19H20FN3O2. The van der Waals surface area contributed by atoms with Gasteiger partial charge in [-0.3, -0.25) is 9.59 Å². The number of carbonyl (C=O) groups is 2. The number of hydrogen-bond acceptors (Lipinski definition) is 2. The monoisotopic (exact) mass is 341 g/mol. The zero-order valence-electron chi connectivity index (χ0n) is 13.8. The first-order valence-electron chi connectivity index (χ1n) is 8.61. The molecule has 2 aliphatic rings. The van der Waals surface area contributed by atoms with Crippen LogP contribution in [-0.4, -0.2) is 33.9 Å². The smallest absolute Gasteiger partial charge is 0.232 e. The van der Waals surface area contributed by atoms with E-state index in [9.17, 15) is 14.0 Å². The zero-order valence-corrected chi connectivity index (χ0v) is 13.8. The Bertz CT molecular complexity index is 813. The van der Waals surface area contributed by atoms with Crippen LogP contribution in [0.25, 0.3) is 0 Å². The largest absolute Gasteiger partial charge is 0.353 e. The predicted molar refractivity (Wildman–Crippen MR) is 90.2 cm³/mol. The lowest BCUT2D eigenvalue weighted by Gasteiger charge is -2.37. The standard InChI is InChI=1S/C19H20FN3O2/c20-14-4-1-3-13(11-14)19-16-5-2-8-22(16)9-10-23(19)18(25)12-17(24)21-15-6-7-15/h1-5,8,11,15,19H,6-7,9-10,12H2,(H,21,24)/t19-/m1/s1. The van der Waals surface area contributed by atoms with Crippen molar-refractivity contribution in [2.75, 3.05) is 6.54 Å². The number of carbonyl (C=O) groups excluding carboxylic acids is 2. The first-order chi connectivity index (χ1) is 12.1. The summed E-state index contributed by atoms with van der Waals surface area (Å²) in [4.78, 5) is 26.5. The summed E-state index contributed by atoms with van der Waals surface area (Å²) in [5.41, 5.74) is 1.66. The third-order valence-corrected chi connectivity index (χ3v) is 4.78. The molecular weight excluding hydrogens is 321 g/mol. The molecule has 25 heavy (non-hydrogen) atoms. The Morgan fingerprint density at radius 3 is 2.76 bits per heavy atom. The molecule has 0 unspecified atom stereocenters. The predicted octanol–water partition coefficient (Wildman–Crippen LogP) is 2.23. The fourth-order valence-electron chi connectivity index (χ4n) is 3.42. The lowest BCUT2D eigenvalue weighted by Crippen LogP contribution is -2.44. The van der Waals surface area contributed by atoms with Gasteiger partial charge in [-0.2, -0.15) is 0 Å². The highest BCUT2D eigenvalue weighted by molar-refractivity contribution is 5.97. The van der Waals surface area contributed by atoms with Crippen LogP contribution in [0.1, 0.15) is 36.6 Å². The maximum Gasteiger partial charge on any atom is 0.232 e. The van der Waals surface area contributed by atoms with Crippen molar-refractivity contribution in [2.24, 2.45) is 0 Å². The van der Waals surface area contributed by atoms with Crippen LogP contribution >= 0.6 is 0 Å². The molecule has 130 valence electrons. The molecule has 1 fully saturated rings. The number of fused-ring (bicyclic) bond motifs is 1. The number of amides is 2. The molecule has 1 aromatic carbocycles. The van der Waals surface area contributed by atoms with Crippen LogP contribution in [0.4, 0.5) is 4.39 Å². The van der Waals surface area contributed by atoms with Crippen molar-refractivity contribution in [2.45, 2.75) is 37.9 Å². The van der Waals surface area contributed by atoms with Crippen LogP contribution in [0.5, 0.6) is 0 Å². The van der Waals surface area contributed by atoms with E-state index in [1.807, 2.05) is 24.4 Å². The average molecular weight is 341 g/mol. The first-order valence-corrected chi connectivity index (χ1v) is 8.61. The Morgan fingerprint density at radius 2 is 2.00 bits per heavy atom.